The molecule has 16 aromatic rings. The van der Waals surface area contributed by atoms with Crippen LogP contribution >= 0.6 is 0 Å². The minimum Gasteiger partial charge on any atom is -0.507 e. The SMILES string of the molecule is CCCCC(CC)COc1cc(O)c(-c2nc(OC3CCCC3)nc(-c3ccc4cc5ccccc5cc4c3)n2)c(O)c1.CCCCC(CC)COc1cc(O)c(-c2nc(OCC(CC)CCCC)nc(-c3cc4ccccc4c4ccccc34)n2)c(O)c1.CCCCC(CC)COc1cc(O)c(-c2nc(OCC(CC)CCCC)nc(-c3ccc4ccc5cccc6ccc3c4c56)n2)c(O)c1. The smallest absolute Gasteiger partial charge is 0.320 e. The van der Waals surface area contributed by atoms with E-state index in [9.17, 15) is 30.6 Å². The fraction of sp³-hybridized carbons (Fsp3) is 0.388. The summed E-state index contributed by atoms with van der Waals surface area (Å²) in [5, 5.41) is 82.8. The highest BCUT2D eigenvalue weighted by atomic mass is 16.5. The van der Waals surface area contributed by atoms with Gasteiger partial charge in [0.05, 0.1) is 33.0 Å². The van der Waals surface area contributed by atoms with Gasteiger partial charge >= 0.3 is 18.0 Å². The first-order valence-corrected chi connectivity index (χ1v) is 50.2. The summed E-state index contributed by atoms with van der Waals surface area (Å²) in [6.07, 6.45) is 25.9. The molecule has 714 valence electrons. The Kier molecular flexibility index (Phi) is 33.9. The number of unbranched alkanes of at least 4 members (excludes halogenated alkanes) is 5. The van der Waals surface area contributed by atoms with Crippen LogP contribution in [0.15, 0.2) is 200 Å². The van der Waals surface area contributed by atoms with Gasteiger partial charge in [-0.1, -0.05) is 299 Å². The number of hydrogen-bond acceptors (Lipinski definition) is 21. The van der Waals surface area contributed by atoms with Crippen LogP contribution in [0.1, 0.15) is 223 Å². The minimum atomic E-state index is -0.169. The Hall–Kier alpha value is -13.4. The molecule has 1 aliphatic rings. The molecule has 6 N–H and O–H groups in total. The molecule has 3 aromatic heterocycles. The molecule has 0 aliphatic heterocycles. The lowest BCUT2D eigenvalue weighted by Gasteiger charge is -2.18. The third-order valence-electron chi connectivity index (χ3n) is 27.1. The lowest BCUT2D eigenvalue weighted by Crippen LogP contribution is -2.14. The average molecular weight is 1850 g/mol. The highest BCUT2D eigenvalue weighted by molar-refractivity contribution is 6.25. The van der Waals surface area contributed by atoms with Crippen molar-refractivity contribution in [2.24, 2.45) is 29.6 Å². The van der Waals surface area contributed by atoms with Gasteiger partial charge < -0.3 is 59.1 Å². The van der Waals surface area contributed by atoms with Gasteiger partial charge in [0.25, 0.3) is 0 Å². The number of phenols is 6. The van der Waals surface area contributed by atoms with Crippen molar-refractivity contribution >= 4 is 75.4 Å². The summed E-state index contributed by atoms with van der Waals surface area (Å²) in [5.41, 5.74) is 2.78. The zero-order chi connectivity index (χ0) is 95.9. The number of hydrogen-bond donors (Lipinski definition) is 6. The van der Waals surface area contributed by atoms with Crippen LogP contribution in [0, 0.1) is 29.6 Å². The first-order valence-electron chi connectivity index (χ1n) is 50.2. The van der Waals surface area contributed by atoms with E-state index in [0.717, 1.165) is 225 Å². The normalized spacial score (nSPS) is 13.4. The molecule has 1 saturated carbocycles. The number of ether oxygens (including phenoxy) is 6. The maximum absolute atomic E-state index is 11.3. The van der Waals surface area contributed by atoms with Crippen LogP contribution < -0.4 is 28.4 Å². The molecule has 1 aliphatic carbocycles. The molecule has 0 bridgehead atoms. The van der Waals surface area contributed by atoms with Gasteiger partial charge in [0.15, 0.2) is 34.9 Å². The molecule has 0 spiro atoms. The lowest BCUT2D eigenvalue weighted by atomic mass is 9.92. The second-order valence-electron chi connectivity index (χ2n) is 36.9. The van der Waals surface area contributed by atoms with Crippen LogP contribution in [0.2, 0.25) is 0 Å². The standard InChI is InChI=1S/C41H47N3O4.C39H47N3O4.C36H39N3O4/c1-5-9-12-26(7-3)24-47-31-22-34(45)38(35(46)23-31)40-42-39(43-41(44-40)48-25-27(8-4)13-10-6-2)33-21-19-30-17-16-28-14-11-15-29-18-20-32(33)37(30)36(28)29;1-5-9-15-26(7-3)24-45-29-22-34(43)36(35(44)23-29)38-40-37(41-39(42-38)46-25-27(8-4)16-10-6-2)33-21-28-17-11-12-18-30(28)31-19-13-14-20-32(31)33;1-3-5-10-23(4-2)22-42-30-20-31(40)33(32(41)21-30)35-37-34(38-36(39-35)43-29-13-8-9-14-29)27-16-15-26-17-24-11-6-7-12-25(24)18-28(26)19-27/h11,14-23,26-27,45-46H,5-10,12-13,24-25H2,1-4H3;11-14,17-23,26-27,43-44H,5-10,15-16,24-25H2,1-4H3;6-7,11-12,15-21,23,29,40-41H,3-5,8-10,13-14,22H2,1-2H3. The highest BCUT2D eigenvalue weighted by Gasteiger charge is 2.29. The maximum Gasteiger partial charge on any atom is 0.320 e. The average Bonchev–Trinajstić information content (AvgIpc) is 0.995. The van der Waals surface area contributed by atoms with Crippen LogP contribution in [0.3, 0.4) is 0 Å². The minimum absolute atomic E-state index is 0.0308. The number of fused-ring (bicyclic) bond motifs is 5. The van der Waals surface area contributed by atoms with Gasteiger partial charge in [0.2, 0.25) is 0 Å². The van der Waals surface area contributed by atoms with Gasteiger partial charge in [-0.15, -0.1) is 0 Å². The van der Waals surface area contributed by atoms with Crippen molar-refractivity contribution in [3.8, 4) is 138 Å². The largest absolute Gasteiger partial charge is 0.507 e. The summed E-state index contributed by atoms with van der Waals surface area (Å²) in [6.45, 7) is 24.3. The van der Waals surface area contributed by atoms with Gasteiger partial charge in [-0.3, -0.25) is 0 Å². The fourth-order valence-electron chi connectivity index (χ4n) is 18.6. The second kappa shape index (κ2) is 47.4. The van der Waals surface area contributed by atoms with E-state index in [1.54, 1.807) is 0 Å². The molecule has 21 heteroatoms. The number of phenolic OH excluding ortho intramolecular Hbond substituents is 6. The molecule has 0 radical (unpaired) electrons. The quantitative estimate of drug-likeness (QED) is 0.0153. The number of aromatic hydroxyl groups is 6. The predicted molar refractivity (Wildman–Crippen MR) is 553 cm³/mol. The van der Waals surface area contributed by atoms with E-state index in [2.05, 4.69) is 204 Å². The topological polar surface area (TPSA) is 293 Å². The third-order valence-corrected chi connectivity index (χ3v) is 27.1. The van der Waals surface area contributed by atoms with E-state index in [-0.39, 0.29) is 92.8 Å². The van der Waals surface area contributed by atoms with Gasteiger partial charge in [0, 0.05) is 53.1 Å². The van der Waals surface area contributed by atoms with Crippen LogP contribution in [0.5, 0.6) is 69.8 Å². The molecule has 5 atom stereocenters. The summed E-state index contributed by atoms with van der Waals surface area (Å²) < 4.78 is 36.8. The van der Waals surface area contributed by atoms with Gasteiger partial charge in [-0.05, 0) is 193 Å². The first kappa shape index (κ1) is 98.1. The van der Waals surface area contributed by atoms with Crippen molar-refractivity contribution in [2.75, 3.05) is 33.0 Å². The Labute approximate surface area is 804 Å². The van der Waals surface area contributed by atoms with Crippen LogP contribution in [0.25, 0.3) is 144 Å². The molecule has 21 nitrogen and oxygen atoms in total. The van der Waals surface area contributed by atoms with E-state index in [1.807, 2.05) is 48.5 Å². The van der Waals surface area contributed by atoms with E-state index in [1.165, 1.54) is 57.9 Å². The van der Waals surface area contributed by atoms with E-state index < -0.39 is 0 Å². The van der Waals surface area contributed by atoms with Crippen LogP contribution in [-0.2, 0) is 0 Å². The van der Waals surface area contributed by atoms with Crippen molar-refractivity contribution < 1.29 is 59.1 Å². The molecule has 137 heavy (non-hydrogen) atoms. The molecular formula is C116H133N9O12. The summed E-state index contributed by atoms with van der Waals surface area (Å²) >= 11 is 0. The van der Waals surface area contributed by atoms with Crippen molar-refractivity contribution in [2.45, 2.75) is 229 Å². The zero-order valence-electron chi connectivity index (χ0n) is 81.2. The van der Waals surface area contributed by atoms with Crippen molar-refractivity contribution in [3.63, 3.8) is 0 Å². The Morgan fingerprint density at radius 2 is 0.613 bits per heavy atom. The molecular weight excluding hydrogens is 1710 g/mol. The highest BCUT2D eigenvalue weighted by Crippen LogP contribution is 2.47. The Bertz CT molecular complexity index is 6660. The Morgan fingerprint density at radius 1 is 0.270 bits per heavy atom. The summed E-state index contributed by atoms with van der Waals surface area (Å²) in [6, 6.07) is 65.9. The van der Waals surface area contributed by atoms with Crippen molar-refractivity contribution in [1.82, 2.24) is 44.9 Å². The fourth-order valence-corrected chi connectivity index (χ4v) is 18.6. The monoisotopic (exact) mass is 1840 g/mol. The first-order chi connectivity index (χ1) is 66.9. The van der Waals surface area contributed by atoms with Crippen LogP contribution in [0.4, 0.5) is 0 Å². The number of rotatable bonds is 43. The Balaban J connectivity index is 0.000000156. The lowest BCUT2D eigenvalue weighted by molar-refractivity contribution is 0.192. The van der Waals surface area contributed by atoms with Crippen molar-refractivity contribution in [1.29, 1.82) is 0 Å². The predicted octanol–water partition coefficient (Wildman–Crippen LogP) is 29.7. The van der Waals surface area contributed by atoms with E-state index in [0.29, 0.717) is 97.3 Å². The maximum atomic E-state index is 11.3. The summed E-state index contributed by atoms with van der Waals surface area (Å²) in [4.78, 5) is 42.6. The van der Waals surface area contributed by atoms with Crippen LogP contribution in [-0.4, -0.2) is 115 Å². The molecule has 1 fully saturated rings. The molecule has 0 amide bonds. The second-order valence-corrected chi connectivity index (χ2v) is 36.9. The van der Waals surface area contributed by atoms with E-state index >= 15 is 0 Å². The van der Waals surface area contributed by atoms with Gasteiger partial charge in [-0.2, -0.15) is 29.9 Å². The molecule has 3 heterocycles. The van der Waals surface area contributed by atoms with E-state index in [4.69, 9.17) is 53.3 Å². The molecule has 5 unspecified atom stereocenters. The Morgan fingerprint density at radius 3 is 1.07 bits per heavy atom. The third kappa shape index (κ3) is 24.2. The summed E-state index contributed by atoms with van der Waals surface area (Å²) in [5.74, 6) is 3.85. The van der Waals surface area contributed by atoms with Gasteiger partial charge in [0.1, 0.15) is 74.5 Å². The van der Waals surface area contributed by atoms with Gasteiger partial charge in [-0.25, -0.2) is 15.0 Å². The number of benzene rings is 13. The number of nitrogens with zero attached hydrogens (tertiary/aromatic N) is 9. The summed E-state index contributed by atoms with van der Waals surface area (Å²) in [7, 11) is 0. The van der Waals surface area contributed by atoms with Crippen molar-refractivity contribution in [3.05, 3.63) is 200 Å². The molecule has 13 aromatic carbocycles. The molecule has 17 rings (SSSR count). The zero-order valence-corrected chi connectivity index (χ0v) is 81.2. The number of aromatic nitrogens is 9. The molecule has 0 saturated heterocycles.